The van der Waals surface area contributed by atoms with Crippen LogP contribution in [0.15, 0.2) is 24.5 Å². The number of fused-ring (bicyclic) bond motifs is 2. The van der Waals surface area contributed by atoms with Crippen molar-refractivity contribution in [3.63, 3.8) is 0 Å². The molecule has 3 fully saturated rings. The molecule has 2 N–H and O–H groups in total. The molecule has 10 heteroatoms. The van der Waals surface area contributed by atoms with Gasteiger partial charge in [-0.05, 0) is 68.1 Å². The van der Waals surface area contributed by atoms with E-state index in [1.165, 1.54) is 12.7 Å². The highest BCUT2D eigenvalue weighted by molar-refractivity contribution is 6.33. The smallest absolute Gasteiger partial charge is 0.390 e. The van der Waals surface area contributed by atoms with Crippen LogP contribution in [0.5, 0.6) is 5.88 Å². The summed E-state index contributed by atoms with van der Waals surface area (Å²) >= 11 is 6.29. The maximum atomic E-state index is 12.7. The first-order valence-electron chi connectivity index (χ1n) is 11.9. The number of aromatic nitrogens is 2. The average molecular weight is 506 g/mol. The quantitative estimate of drug-likeness (QED) is 0.486. The predicted octanol–water partition coefficient (Wildman–Crippen LogP) is 5.92. The molecule has 186 valence electrons. The van der Waals surface area contributed by atoms with Crippen molar-refractivity contribution in [1.29, 1.82) is 5.26 Å². The minimum atomic E-state index is -4.16. The minimum Gasteiger partial charge on any atom is -0.474 e. The third-order valence-electron chi connectivity index (χ3n) is 7.91. The van der Waals surface area contributed by atoms with Crippen molar-refractivity contribution in [3.8, 4) is 11.9 Å². The van der Waals surface area contributed by atoms with E-state index in [1.807, 2.05) is 6.92 Å². The zero-order valence-electron chi connectivity index (χ0n) is 19.3. The molecule has 3 aliphatic carbocycles. The lowest BCUT2D eigenvalue weighted by atomic mass is 9.77. The van der Waals surface area contributed by atoms with E-state index < -0.39 is 12.6 Å². The lowest BCUT2D eigenvalue weighted by molar-refractivity contribution is -0.134. The molecule has 0 bridgehead atoms. The maximum absolute atomic E-state index is 12.7. The van der Waals surface area contributed by atoms with Gasteiger partial charge in [0.15, 0.2) is 0 Å². The lowest BCUT2D eigenvalue weighted by Gasteiger charge is -2.34. The summed E-state index contributed by atoms with van der Waals surface area (Å²) in [5, 5.41) is 15.8. The number of nitrogens with one attached hydrogen (secondary N) is 2. The minimum absolute atomic E-state index is 0.0129. The van der Waals surface area contributed by atoms with Crippen LogP contribution in [0.25, 0.3) is 0 Å². The third-order valence-corrected chi connectivity index (χ3v) is 8.22. The van der Waals surface area contributed by atoms with E-state index in [1.54, 1.807) is 18.2 Å². The lowest BCUT2D eigenvalue weighted by Crippen LogP contribution is -2.43. The van der Waals surface area contributed by atoms with Gasteiger partial charge in [0.05, 0.1) is 34.3 Å². The molecule has 1 spiro atoms. The highest BCUT2D eigenvalue weighted by Crippen LogP contribution is 2.68. The zero-order valence-corrected chi connectivity index (χ0v) is 20.1. The van der Waals surface area contributed by atoms with Crippen molar-refractivity contribution in [2.45, 2.75) is 63.8 Å². The number of hydrogen-bond donors (Lipinski definition) is 2. The van der Waals surface area contributed by atoms with Gasteiger partial charge in [0, 0.05) is 19.0 Å². The number of hydrogen-bond acceptors (Lipinski definition) is 6. The van der Waals surface area contributed by atoms with Crippen LogP contribution in [0.4, 0.5) is 24.7 Å². The van der Waals surface area contributed by atoms with Crippen LogP contribution >= 0.6 is 11.6 Å². The zero-order chi connectivity index (χ0) is 24.8. The molecular weight excluding hydrogens is 479 g/mol. The molecule has 6 nitrogen and oxygen atoms in total. The number of anilines is 2. The van der Waals surface area contributed by atoms with E-state index in [2.05, 4.69) is 26.7 Å². The summed E-state index contributed by atoms with van der Waals surface area (Å²) in [5.41, 5.74) is 1.80. The van der Waals surface area contributed by atoms with Gasteiger partial charge in [0.2, 0.25) is 5.88 Å². The van der Waals surface area contributed by atoms with Crippen molar-refractivity contribution in [2.24, 2.45) is 17.3 Å². The fourth-order valence-electron chi connectivity index (χ4n) is 6.16. The van der Waals surface area contributed by atoms with Crippen LogP contribution < -0.4 is 15.4 Å². The molecule has 5 unspecified atom stereocenters. The first-order chi connectivity index (χ1) is 16.7. The van der Waals surface area contributed by atoms with E-state index in [4.69, 9.17) is 21.6 Å². The van der Waals surface area contributed by atoms with Gasteiger partial charge in [0.1, 0.15) is 18.2 Å². The molecule has 0 saturated heterocycles. The molecular formula is C25H27ClF3N5O. The second kappa shape index (κ2) is 9.14. The molecule has 2 aromatic rings. The monoisotopic (exact) mass is 505 g/mol. The van der Waals surface area contributed by atoms with Crippen molar-refractivity contribution in [1.82, 2.24) is 15.3 Å². The standard InChI is InChI=1S/C25H27ClF3N5O/c1-14-22(34-20-3-2-15(12-30)8-19(20)26)32-13-33-23(14)35-17-10-21(31-7-6-25(27,28)29)24(11-17)5-4-16-9-18(16)24/h2-3,8,13,16-18,21,31H,4-7,9-11H2,1H3,(H,32,33,34). The molecule has 0 radical (unpaired) electrons. The number of benzene rings is 1. The van der Waals surface area contributed by atoms with Crippen LogP contribution in [-0.4, -0.2) is 34.8 Å². The summed E-state index contributed by atoms with van der Waals surface area (Å²) in [4.78, 5) is 8.66. The Kier molecular flexibility index (Phi) is 6.30. The van der Waals surface area contributed by atoms with Crippen molar-refractivity contribution in [2.75, 3.05) is 11.9 Å². The van der Waals surface area contributed by atoms with E-state index in [-0.39, 0.29) is 24.1 Å². The van der Waals surface area contributed by atoms with Crippen LogP contribution in [-0.2, 0) is 0 Å². The number of nitriles is 1. The molecule has 0 amide bonds. The first-order valence-corrected chi connectivity index (χ1v) is 12.3. The highest BCUT2D eigenvalue weighted by Gasteiger charge is 2.64. The summed E-state index contributed by atoms with van der Waals surface area (Å²) in [6.07, 6.45) is 1.16. The van der Waals surface area contributed by atoms with Crippen molar-refractivity contribution < 1.29 is 17.9 Å². The summed E-state index contributed by atoms with van der Waals surface area (Å²) in [6.45, 7) is 1.79. The van der Waals surface area contributed by atoms with Crippen LogP contribution in [0.2, 0.25) is 5.02 Å². The van der Waals surface area contributed by atoms with E-state index >= 15 is 0 Å². The Morgan fingerprint density at radius 2 is 2.11 bits per heavy atom. The molecule has 1 aromatic heterocycles. The van der Waals surface area contributed by atoms with Gasteiger partial charge in [-0.3, -0.25) is 0 Å². The summed E-state index contributed by atoms with van der Waals surface area (Å²) in [7, 11) is 0. The van der Waals surface area contributed by atoms with Gasteiger partial charge in [-0.15, -0.1) is 0 Å². The summed E-state index contributed by atoms with van der Waals surface area (Å²) in [5.74, 6) is 2.29. The Labute approximate surface area is 207 Å². The molecule has 3 aliphatic rings. The molecule has 1 heterocycles. The van der Waals surface area contributed by atoms with Gasteiger partial charge < -0.3 is 15.4 Å². The number of halogens is 4. The second-order valence-corrected chi connectivity index (χ2v) is 10.4. The average Bonchev–Trinajstić information content (AvgIpc) is 3.41. The van der Waals surface area contributed by atoms with Crippen LogP contribution in [0.3, 0.4) is 0 Å². The first kappa shape index (κ1) is 24.1. The Hall–Kier alpha value is -2.57. The van der Waals surface area contributed by atoms with Crippen molar-refractivity contribution >= 4 is 23.1 Å². The molecule has 5 atom stereocenters. The maximum Gasteiger partial charge on any atom is 0.390 e. The summed E-state index contributed by atoms with van der Waals surface area (Å²) < 4.78 is 44.6. The number of alkyl halides is 3. The highest BCUT2D eigenvalue weighted by atomic mass is 35.5. The van der Waals surface area contributed by atoms with Gasteiger partial charge in [-0.1, -0.05) is 11.6 Å². The van der Waals surface area contributed by atoms with Crippen LogP contribution in [0, 0.1) is 35.5 Å². The van der Waals surface area contributed by atoms with E-state index in [0.717, 1.165) is 25.2 Å². The Morgan fingerprint density at radius 3 is 2.77 bits per heavy atom. The van der Waals surface area contributed by atoms with E-state index in [9.17, 15) is 13.2 Å². The van der Waals surface area contributed by atoms with Gasteiger partial charge in [0.25, 0.3) is 0 Å². The van der Waals surface area contributed by atoms with Gasteiger partial charge >= 0.3 is 6.18 Å². The third kappa shape index (κ3) is 4.91. The number of ether oxygens (including phenoxy) is 1. The number of nitrogens with zero attached hydrogens (tertiary/aromatic N) is 3. The normalized spacial score (nSPS) is 29.1. The molecule has 0 aliphatic heterocycles. The molecule has 3 saturated carbocycles. The fourth-order valence-corrected chi connectivity index (χ4v) is 6.39. The predicted molar refractivity (Wildman–Crippen MR) is 126 cm³/mol. The largest absolute Gasteiger partial charge is 0.474 e. The Balaban J connectivity index is 1.30. The number of rotatable bonds is 7. The van der Waals surface area contributed by atoms with Crippen LogP contribution in [0.1, 0.15) is 49.7 Å². The Bertz CT molecular complexity index is 1150. The topological polar surface area (TPSA) is 82.9 Å². The van der Waals surface area contributed by atoms with E-state index in [0.29, 0.717) is 45.9 Å². The van der Waals surface area contributed by atoms with Gasteiger partial charge in [-0.25, -0.2) is 9.97 Å². The molecule has 5 rings (SSSR count). The second-order valence-electron chi connectivity index (χ2n) is 10.0. The molecule has 35 heavy (non-hydrogen) atoms. The Morgan fingerprint density at radius 1 is 1.29 bits per heavy atom. The van der Waals surface area contributed by atoms with Gasteiger partial charge in [-0.2, -0.15) is 18.4 Å². The summed E-state index contributed by atoms with van der Waals surface area (Å²) in [6, 6.07) is 7.03. The van der Waals surface area contributed by atoms with Crippen molar-refractivity contribution in [3.05, 3.63) is 40.7 Å². The molecule has 1 aromatic carbocycles. The fraction of sp³-hybridized carbons (Fsp3) is 0.560. The SMILES string of the molecule is Cc1c(Nc2ccc(C#N)cc2Cl)ncnc1OC1CC(NCCC(F)(F)F)C2(CCC3CC32)C1.